The van der Waals surface area contributed by atoms with Gasteiger partial charge in [0, 0.05) is 13.2 Å². The maximum Gasteiger partial charge on any atom is 0.123 e. The highest BCUT2D eigenvalue weighted by atomic mass is 19.1. The van der Waals surface area contributed by atoms with E-state index in [1.165, 1.54) is 11.6 Å². The number of benzene rings is 1. The number of ether oxygens (including phenoxy) is 1. The molecule has 0 saturated carbocycles. The van der Waals surface area contributed by atoms with Gasteiger partial charge in [0.25, 0.3) is 0 Å². The molecule has 0 fully saturated rings. The molecule has 0 heterocycles. The molecule has 3 nitrogen and oxygen atoms in total. The van der Waals surface area contributed by atoms with Crippen LogP contribution in [0.4, 0.5) is 4.39 Å². The number of nitrogens with one attached hydrogen (secondary N) is 1. The molecule has 100 valence electrons. The van der Waals surface area contributed by atoms with E-state index >= 15 is 0 Å². The molecule has 0 amide bonds. The van der Waals surface area contributed by atoms with E-state index in [4.69, 9.17) is 4.74 Å². The third-order valence-electron chi connectivity index (χ3n) is 3.41. The summed E-state index contributed by atoms with van der Waals surface area (Å²) < 4.78 is 18.1. The quantitative estimate of drug-likeness (QED) is 0.812. The summed E-state index contributed by atoms with van der Waals surface area (Å²) in [6.07, 6.45) is 2.21. The standard InChI is InChI=1S/C14H20FNO2/c1-18-9-12(17)6-7-16-14-5-3-10-2-4-11(15)8-13(10)14/h2,4,8,12,14,16-17H,3,5-7,9H2,1H3. The van der Waals surface area contributed by atoms with E-state index < -0.39 is 6.10 Å². The Hall–Kier alpha value is -0.970. The summed E-state index contributed by atoms with van der Waals surface area (Å²) in [5, 5.41) is 12.9. The predicted octanol–water partition coefficient (Wildman–Crippen LogP) is 1.80. The van der Waals surface area contributed by atoms with Crippen molar-refractivity contribution in [1.82, 2.24) is 5.32 Å². The molecule has 2 atom stereocenters. The molecule has 18 heavy (non-hydrogen) atoms. The van der Waals surface area contributed by atoms with E-state index in [1.54, 1.807) is 13.2 Å². The number of hydrogen-bond donors (Lipinski definition) is 2. The fraction of sp³-hybridized carbons (Fsp3) is 0.571. The van der Waals surface area contributed by atoms with E-state index in [9.17, 15) is 9.50 Å². The third-order valence-corrected chi connectivity index (χ3v) is 3.41. The molecule has 0 radical (unpaired) electrons. The summed E-state index contributed by atoms with van der Waals surface area (Å²) in [7, 11) is 1.58. The van der Waals surface area contributed by atoms with Gasteiger partial charge in [-0.25, -0.2) is 4.39 Å². The van der Waals surface area contributed by atoms with Crippen LogP contribution >= 0.6 is 0 Å². The largest absolute Gasteiger partial charge is 0.391 e. The monoisotopic (exact) mass is 253 g/mol. The normalized spacial score (nSPS) is 19.8. The van der Waals surface area contributed by atoms with Gasteiger partial charge < -0.3 is 15.2 Å². The van der Waals surface area contributed by atoms with Crippen molar-refractivity contribution >= 4 is 0 Å². The van der Waals surface area contributed by atoms with Gasteiger partial charge in [-0.15, -0.1) is 0 Å². The lowest BCUT2D eigenvalue weighted by molar-refractivity contribution is 0.0590. The predicted molar refractivity (Wildman–Crippen MR) is 68.0 cm³/mol. The maximum absolute atomic E-state index is 13.2. The number of hydrogen-bond acceptors (Lipinski definition) is 3. The highest BCUT2D eigenvalue weighted by Gasteiger charge is 2.22. The molecule has 1 aliphatic rings. The molecule has 1 aromatic rings. The van der Waals surface area contributed by atoms with Gasteiger partial charge in [-0.1, -0.05) is 6.07 Å². The number of aliphatic hydroxyl groups excluding tert-OH is 1. The van der Waals surface area contributed by atoms with Gasteiger partial charge in [0.1, 0.15) is 5.82 Å². The molecule has 0 aliphatic heterocycles. The molecular formula is C14H20FNO2. The lowest BCUT2D eigenvalue weighted by Crippen LogP contribution is -2.25. The Kier molecular flexibility index (Phi) is 4.69. The van der Waals surface area contributed by atoms with Crippen molar-refractivity contribution in [3.8, 4) is 0 Å². The Morgan fingerprint density at radius 3 is 3.17 bits per heavy atom. The summed E-state index contributed by atoms with van der Waals surface area (Å²) in [6.45, 7) is 1.07. The molecular weight excluding hydrogens is 233 g/mol. The Morgan fingerprint density at radius 2 is 2.39 bits per heavy atom. The SMILES string of the molecule is COCC(O)CCNC1CCc2ccc(F)cc21. The Labute approximate surface area is 107 Å². The summed E-state index contributed by atoms with van der Waals surface area (Å²) >= 11 is 0. The van der Waals surface area contributed by atoms with Crippen LogP contribution in [0.1, 0.15) is 30.0 Å². The zero-order valence-electron chi connectivity index (χ0n) is 10.7. The van der Waals surface area contributed by atoms with Gasteiger partial charge in [-0.05, 0) is 49.1 Å². The van der Waals surface area contributed by atoms with Crippen molar-refractivity contribution in [2.24, 2.45) is 0 Å². The van der Waals surface area contributed by atoms with Gasteiger partial charge in [-0.2, -0.15) is 0 Å². The number of aryl methyl sites for hydroxylation is 1. The van der Waals surface area contributed by atoms with Gasteiger partial charge in [0.05, 0.1) is 12.7 Å². The second-order valence-corrected chi connectivity index (χ2v) is 4.79. The van der Waals surface area contributed by atoms with Gasteiger partial charge in [-0.3, -0.25) is 0 Å². The first-order valence-corrected chi connectivity index (χ1v) is 6.39. The van der Waals surface area contributed by atoms with Gasteiger partial charge >= 0.3 is 0 Å². The summed E-state index contributed by atoms with van der Waals surface area (Å²) in [6, 6.07) is 5.21. The van der Waals surface area contributed by atoms with E-state index in [0.29, 0.717) is 19.6 Å². The molecule has 1 aliphatic carbocycles. The average molecular weight is 253 g/mol. The minimum atomic E-state index is -0.434. The van der Waals surface area contributed by atoms with Crippen molar-refractivity contribution in [3.05, 3.63) is 35.1 Å². The van der Waals surface area contributed by atoms with Crippen LogP contribution in [0.2, 0.25) is 0 Å². The van der Waals surface area contributed by atoms with Crippen molar-refractivity contribution in [1.29, 1.82) is 0 Å². The van der Waals surface area contributed by atoms with Crippen molar-refractivity contribution < 1.29 is 14.2 Å². The molecule has 0 saturated heterocycles. The first-order valence-electron chi connectivity index (χ1n) is 6.39. The van der Waals surface area contributed by atoms with Gasteiger partial charge in [0.2, 0.25) is 0 Å². The van der Waals surface area contributed by atoms with Crippen LogP contribution in [0, 0.1) is 5.82 Å². The van der Waals surface area contributed by atoms with Crippen LogP contribution in [-0.4, -0.2) is 31.5 Å². The minimum Gasteiger partial charge on any atom is -0.391 e. The van der Waals surface area contributed by atoms with Crippen molar-refractivity contribution in [2.75, 3.05) is 20.3 Å². The number of halogens is 1. The minimum absolute atomic E-state index is 0.179. The molecule has 2 N–H and O–H groups in total. The second kappa shape index (κ2) is 6.27. The van der Waals surface area contributed by atoms with Crippen molar-refractivity contribution in [2.45, 2.75) is 31.4 Å². The van der Waals surface area contributed by atoms with E-state index in [2.05, 4.69) is 5.32 Å². The van der Waals surface area contributed by atoms with Crippen LogP contribution in [0.3, 0.4) is 0 Å². The van der Waals surface area contributed by atoms with E-state index in [0.717, 1.165) is 18.4 Å². The Balaban J connectivity index is 1.84. The fourth-order valence-corrected chi connectivity index (χ4v) is 2.49. The molecule has 1 aromatic carbocycles. The topological polar surface area (TPSA) is 41.5 Å². The zero-order chi connectivity index (χ0) is 13.0. The van der Waals surface area contributed by atoms with Crippen LogP contribution in [0.25, 0.3) is 0 Å². The number of aliphatic hydroxyl groups is 1. The Bertz CT molecular complexity index is 397. The molecule has 2 unspecified atom stereocenters. The average Bonchev–Trinajstić information content (AvgIpc) is 2.72. The first-order chi connectivity index (χ1) is 8.70. The molecule has 4 heteroatoms. The Morgan fingerprint density at radius 1 is 1.56 bits per heavy atom. The summed E-state index contributed by atoms with van der Waals surface area (Å²) in [4.78, 5) is 0. The fourth-order valence-electron chi connectivity index (χ4n) is 2.49. The third kappa shape index (κ3) is 3.28. The lowest BCUT2D eigenvalue weighted by Gasteiger charge is -2.16. The molecule has 0 aromatic heterocycles. The molecule has 0 bridgehead atoms. The summed E-state index contributed by atoms with van der Waals surface area (Å²) in [5.41, 5.74) is 2.29. The highest BCUT2D eigenvalue weighted by Crippen LogP contribution is 2.31. The van der Waals surface area contributed by atoms with Crippen LogP contribution in [0.5, 0.6) is 0 Å². The van der Waals surface area contributed by atoms with Crippen LogP contribution < -0.4 is 5.32 Å². The molecule has 0 spiro atoms. The zero-order valence-corrected chi connectivity index (χ0v) is 10.7. The van der Waals surface area contributed by atoms with Crippen molar-refractivity contribution in [3.63, 3.8) is 0 Å². The van der Waals surface area contributed by atoms with Crippen LogP contribution in [0.15, 0.2) is 18.2 Å². The summed E-state index contributed by atoms with van der Waals surface area (Å²) in [5.74, 6) is -0.179. The van der Waals surface area contributed by atoms with E-state index in [1.807, 2.05) is 6.07 Å². The van der Waals surface area contributed by atoms with Crippen LogP contribution in [-0.2, 0) is 11.2 Å². The second-order valence-electron chi connectivity index (χ2n) is 4.79. The number of methoxy groups -OCH3 is 1. The smallest absolute Gasteiger partial charge is 0.123 e. The van der Waals surface area contributed by atoms with Gasteiger partial charge in [0.15, 0.2) is 0 Å². The number of rotatable bonds is 6. The number of fused-ring (bicyclic) bond motifs is 1. The first kappa shape index (κ1) is 13.5. The molecule has 2 rings (SSSR count). The lowest BCUT2D eigenvalue weighted by atomic mass is 10.1. The highest BCUT2D eigenvalue weighted by molar-refractivity contribution is 5.34. The van der Waals surface area contributed by atoms with E-state index in [-0.39, 0.29) is 11.9 Å². The maximum atomic E-state index is 13.2.